The minimum atomic E-state index is -0.0440. The molecule has 0 saturated carbocycles. The molecule has 0 atom stereocenters. The summed E-state index contributed by atoms with van der Waals surface area (Å²) >= 11 is 0. The van der Waals surface area contributed by atoms with Crippen molar-refractivity contribution in [2.24, 2.45) is 0 Å². The molecule has 186 valence electrons. The second-order valence-electron chi connectivity index (χ2n) is 9.92. The number of nitrogens with one attached hydrogen (secondary N) is 2. The van der Waals surface area contributed by atoms with Gasteiger partial charge in [0.2, 0.25) is 0 Å². The summed E-state index contributed by atoms with van der Waals surface area (Å²) in [5, 5.41) is 6.57. The number of ether oxygens (including phenoxy) is 1. The first-order valence-electron chi connectivity index (χ1n) is 12.9. The second kappa shape index (κ2) is 11.1. The van der Waals surface area contributed by atoms with Gasteiger partial charge in [-0.3, -0.25) is 9.69 Å². The van der Waals surface area contributed by atoms with Crippen molar-refractivity contribution in [2.45, 2.75) is 38.8 Å². The first kappa shape index (κ1) is 24.3. The SMILES string of the molecule is Cc1ccc(-c2ccc3c(c2)C=C(C(=O)Nc2ccc(CN(C)C4CCOCC4)cc2)CCN3)cc1. The number of carbonyl (C=O) groups is 1. The first-order chi connectivity index (χ1) is 17.5. The van der Waals surface area contributed by atoms with Gasteiger partial charge in [-0.1, -0.05) is 48.0 Å². The molecule has 0 aromatic heterocycles. The van der Waals surface area contributed by atoms with Gasteiger partial charge in [0.15, 0.2) is 0 Å². The van der Waals surface area contributed by atoms with Crippen LogP contribution in [-0.2, 0) is 16.1 Å². The lowest BCUT2D eigenvalue weighted by atomic mass is 9.99. The summed E-state index contributed by atoms with van der Waals surface area (Å²) < 4.78 is 5.48. The minimum Gasteiger partial charge on any atom is -0.384 e. The summed E-state index contributed by atoms with van der Waals surface area (Å²) in [7, 11) is 2.18. The van der Waals surface area contributed by atoms with Crippen LogP contribution in [0.5, 0.6) is 0 Å². The Bertz CT molecular complexity index is 1230. The zero-order chi connectivity index (χ0) is 24.9. The number of amides is 1. The standard InChI is InChI=1S/C31H35N3O2/c1-22-3-7-24(8-4-22)25-9-12-30-27(19-25)20-26(13-16-32-30)31(35)33-28-10-5-23(6-11-28)21-34(2)29-14-17-36-18-15-29/h3-12,19-20,29,32H,13-18,21H2,1-2H3,(H,33,35). The zero-order valence-electron chi connectivity index (χ0n) is 21.2. The molecule has 3 aromatic rings. The second-order valence-corrected chi connectivity index (χ2v) is 9.92. The van der Waals surface area contributed by atoms with E-state index in [0.717, 1.165) is 67.2 Å². The molecule has 36 heavy (non-hydrogen) atoms. The topological polar surface area (TPSA) is 53.6 Å². The van der Waals surface area contributed by atoms with Gasteiger partial charge in [-0.25, -0.2) is 0 Å². The highest BCUT2D eigenvalue weighted by Crippen LogP contribution is 2.30. The van der Waals surface area contributed by atoms with E-state index in [1.54, 1.807) is 0 Å². The molecule has 0 unspecified atom stereocenters. The number of carbonyl (C=O) groups excluding carboxylic acids is 1. The van der Waals surface area contributed by atoms with Crippen molar-refractivity contribution in [1.82, 2.24) is 4.90 Å². The molecule has 1 saturated heterocycles. The Morgan fingerprint density at radius 3 is 2.47 bits per heavy atom. The molecular weight excluding hydrogens is 446 g/mol. The molecule has 0 spiro atoms. The Hall–Kier alpha value is -3.41. The molecule has 3 aromatic carbocycles. The lowest BCUT2D eigenvalue weighted by Crippen LogP contribution is -2.36. The predicted molar refractivity (Wildman–Crippen MR) is 148 cm³/mol. The maximum atomic E-state index is 13.2. The van der Waals surface area contributed by atoms with E-state index in [4.69, 9.17) is 4.74 Å². The molecule has 5 rings (SSSR count). The third kappa shape index (κ3) is 5.86. The number of anilines is 2. The molecule has 2 aliphatic rings. The smallest absolute Gasteiger partial charge is 0.251 e. The number of hydrogen-bond acceptors (Lipinski definition) is 4. The fourth-order valence-electron chi connectivity index (χ4n) is 4.99. The first-order valence-corrected chi connectivity index (χ1v) is 12.9. The molecule has 5 heteroatoms. The molecule has 0 aliphatic carbocycles. The van der Waals surface area contributed by atoms with Gasteiger partial charge in [-0.2, -0.15) is 0 Å². The van der Waals surface area contributed by atoms with Crippen LogP contribution >= 0.6 is 0 Å². The summed E-state index contributed by atoms with van der Waals surface area (Å²) in [4.78, 5) is 15.6. The lowest BCUT2D eigenvalue weighted by Gasteiger charge is -2.31. The van der Waals surface area contributed by atoms with E-state index in [1.165, 1.54) is 16.7 Å². The summed E-state index contributed by atoms with van der Waals surface area (Å²) in [6.07, 6.45) is 4.88. The van der Waals surface area contributed by atoms with Crippen LogP contribution in [0.4, 0.5) is 11.4 Å². The molecule has 5 nitrogen and oxygen atoms in total. The number of rotatable bonds is 6. The average molecular weight is 482 g/mol. The minimum absolute atomic E-state index is 0.0440. The van der Waals surface area contributed by atoms with E-state index in [1.807, 2.05) is 18.2 Å². The van der Waals surface area contributed by atoms with E-state index in [-0.39, 0.29) is 5.91 Å². The van der Waals surface area contributed by atoms with Crippen molar-refractivity contribution in [3.63, 3.8) is 0 Å². The molecular formula is C31H35N3O2. The van der Waals surface area contributed by atoms with Gasteiger partial charge in [0.05, 0.1) is 0 Å². The van der Waals surface area contributed by atoms with Crippen LogP contribution in [0.3, 0.4) is 0 Å². The third-order valence-electron chi connectivity index (χ3n) is 7.23. The van der Waals surface area contributed by atoms with Gasteiger partial charge in [-0.05, 0) is 85.8 Å². The Balaban J connectivity index is 1.26. The van der Waals surface area contributed by atoms with E-state index < -0.39 is 0 Å². The highest BCUT2D eigenvalue weighted by atomic mass is 16.5. The summed E-state index contributed by atoms with van der Waals surface area (Å²) in [5.74, 6) is -0.0440. The van der Waals surface area contributed by atoms with Gasteiger partial charge in [0, 0.05) is 49.3 Å². The Kier molecular flexibility index (Phi) is 7.49. The fraction of sp³-hybridized carbons (Fsp3) is 0.323. The molecule has 1 fully saturated rings. The average Bonchev–Trinajstić information content (AvgIpc) is 3.13. The Morgan fingerprint density at radius 1 is 1.00 bits per heavy atom. The van der Waals surface area contributed by atoms with Gasteiger partial charge in [0.1, 0.15) is 0 Å². The fourth-order valence-corrected chi connectivity index (χ4v) is 4.99. The largest absolute Gasteiger partial charge is 0.384 e. The summed E-state index contributed by atoms with van der Waals surface area (Å²) in [6.45, 7) is 5.42. The number of benzene rings is 3. The van der Waals surface area contributed by atoms with Crippen molar-refractivity contribution >= 4 is 23.4 Å². The molecule has 2 N–H and O–H groups in total. The number of nitrogens with zero attached hydrogens (tertiary/aromatic N) is 1. The van der Waals surface area contributed by atoms with Crippen molar-refractivity contribution in [2.75, 3.05) is 37.4 Å². The Labute approximate surface area is 214 Å². The number of fused-ring (bicyclic) bond motifs is 1. The van der Waals surface area contributed by atoms with E-state index in [2.05, 4.69) is 84.1 Å². The van der Waals surface area contributed by atoms with Crippen molar-refractivity contribution < 1.29 is 9.53 Å². The van der Waals surface area contributed by atoms with Crippen LogP contribution in [0, 0.1) is 6.92 Å². The predicted octanol–water partition coefficient (Wildman–Crippen LogP) is 6.11. The quantitative estimate of drug-likeness (QED) is 0.446. The van der Waals surface area contributed by atoms with Crippen molar-refractivity contribution in [3.8, 4) is 11.1 Å². The third-order valence-corrected chi connectivity index (χ3v) is 7.23. The molecule has 2 heterocycles. The monoisotopic (exact) mass is 481 g/mol. The molecule has 2 aliphatic heterocycles. The van der Waals surface area contributed by atoms with E-state index in [0.29, 0.717) is 12.5 Å². The Morgan fingerprint density at radius 2 is 1.72 bits per heavy atom. The van der Waals surface area contributed by atoms with Crippen LogP contribution in [0.15, 0.2) is 72.3 Å². The van der Waals surface area contributed by atoms with Gasteiger partial charge < -0.3 is 15.4 Å². The van der Waals surface area contributed by atoms with Crippen LogP contribution in [0.25, 0.3) is 17.2 Å². The van der Waals surface area contributed by atoms with Gasteiger partial charge >= 0.3 is 0 Å². The van der Waals surface area contributed by atoms with Crippen LogP contribution in [0.2, 0.25) is 0 Å². The maximum absolute atomic E-state index is 13.2. The van der Waals surface area contributed by atoms with Crippen molar-refractivity contribution in [3.05, 3.63) is 89.0 Å². The summed E-state index contributed by atoms with van der Waals surface area (Å²) in [5.41, 5.74) is 8.53. The lowest BCUT2D eigenvalue weighted by molar-refractivity contribution is -0.112. The van der Waals surface area contributed by atoms with Crippen LogP contribution in [0.1, 0.15) is 36.0 Å². The number of aryl methyl sites for hydroxylation is 1. The van der Waals surface area contributed by atoms with Crippen LogP contribution in [-0.4, -0.2) is 43.7 Å². The van der Waals surface area contributed by atoms with E-state index in [9.17, 15) is 4.79 Å². The molecule has 1 amide bonds. The zero-order valence-corrected chi connectivity index (χ0v) is 21.2. The molecule has 0 radical (unpaired) electrons. The number of hydrogen-bond donors (Lipinski definition) is 2. The van der Waals surface area contributed by atoms with E-state index >= 15 is 0 Å². The van der Waals surface area contributed by atoms with Gasteiger partial charge in [0.25, 0.3) is 5.91 Å². The maximum Gasteiger partial charge on any atom is 0.251 e. The highest BCUT2D eigenvalue weighted by Gasteiger charge is 2.19. The normalized spacial score (nSPS) is 16.0. The highest BCUT2D eigenvalue weighted by molar-refractivity contribution is 6.07. The summed E-state index contributed by atoms with van der Waals surface area (Å²) in [6, 6.07) is 23.7. The van der Waals surface area contributed by atoms with Crippen LogP contribution < -0.4 is 10.6 Å². The van der Waals surface area contributed by atoms with Crippen molar-refractivity contribution in [1.29, 1.82) is 0 Å². The molecule has 0 bridgehead atoms. The van der Waals surface area contributed by atoms with Gasteiger partial charge in [-0.15, -0.1) is 0 Å².